The molecule has 0 aliphatic heterocycles. The molecule has 0 aliphatic carbocycles. The van der Waals surface area contributed by atoms with Crippen molar-refractivity contribution >= 4 is 27.3 Å². The van der Waals surface area contributed by atoms with Crippen molar-refractivity contribution in [2.24, 2.45) is 0 Å². The second-order valence-electron chi connectivity index (χ2n) is 8.45. The molecule has 0 saturated heterocycles. The van der Waals surface area contributed by atoms with Crippen LogP contribution in [0, 0.1) is 17.0 Å². The Morgan fingerprint density at radius 1 is 1.03 bits per heavy atom. The number of rotatable bonds is 13. The first-order valence-corrected chi connectivity index (χ1v) is 13.5. The van der Waals surface area contributed by atoms with E-state index in [1.165, 1.54) is 38.3 Å². The third-order valence-corrected chi connectivity index (χ3v) is 7.58. The number of aryl methyl sites for hydroxylation is 2. The van der Waals surface area contributed by atoms with E-state index in [0.29, 0.717) is 30.9 Å². The summed E-state index contributed by atoms with van der Waals surface area (Å²) in [5, 5.41) is 14.2. The number of sulfonamides is 1. The van der Waals surface area contributed by atoms with E-state index in [9.17, 15) is 23.3 Å². The van der Waals surface area contributed by atoms with Crippen LogP contribution in [0.1, 0.15) is 24.5 Å². The number of carbonyl (C=O) groups is 1. The molecule has 11 heteroatoms. The van der Waals surface area contributed by atoms with Gasteiger partial charge in [-0.1, -0.05) is 18.2 Å². The third-order valence-electron chi connectivity index (χ3n) is 5.81. The summed E-state index contributed by atoms with van der Waals surface area (Å²) in [6.07, 6.45) is 1.37. The molecule has 0 aliphatic rings. The summed E-state index contributed by atoms with van der Waals surface area (Å²) in [4.78, 5) is 23.3. The molecule has 0 heterocycles. The molecule has 0 radical (unpaired) electrons. The number of anilines is 1. The highest BCUT2D eigenvalue weighted by atomic mass is 32.2. The van der Waals surface area contributed by atoms with Crippen LogP contribution in [-0.2, 0) is 21.2 Å². The second kappa shape index (κ2) is 12.9. The quantitative estimate of drug-likeness (QED) is 0.195. The number of nitrogens with one attached hydrogen (secondary N) is 1. The first-order valence-electron chi connectivity index (χ1n) is 12.1. The van der Waals surface area contributed by atoms with Gasteiger partial charge in [0.25, 0.3) is 15.7 Å². The van der Waals surface area contributed by atoms with Crippen molar-refractivity contribution in [3.8, 4) is 11.5 Å². The highest BCUT2D eigenvalue weighted by Crippen LogP contribution is 2.29. The first kappa shape index (κ1) is 28.5. The summed E-state index contributed by atoms with van der Waals surface area (Å²) in [6.45, 7) is 3.88. The Kier molecular flexibility index (Phi) is 9.66. The van der Waals surface area contributed by atoms with Crippen LogP contribution in [0.25, 0.3) is 0 Å². The predicted molar refractivity (Wildman–Crippen MR) is 144 cm³/mol. The number of amides is 1. The van der Waals surface area contributed by atoms with Crippen molar-refractivity contribution in [1.82, 2.24) is 5.32 Å². The van der Waals surface area contributed by atoms with Gasteiger partial charge in [0.2, 0.25) is 5.91 Å². The van der Waals surface area contributed by atoms with E-state index in [4.69, 9.17) is 9.47 Å². The molecule has 0 fully saturated rings. The van der Waals surface area contributed by atoms with Crippen LogP contribution < -0.4 is 19.1 Å². The van der Waals surface area contributed by atoms with Crippen LogP contribution in [0.5, 0.6) is 11.5 Å². The minimum atomic E-state index is -4.31. The van der Waals surface area contributed by atoms with Gasteiger partial charge in [0.1, 0.15) is 18.0 Å². The molecule has 10 nitrogen and oxygen atoms in total. The van der Waals surface area contributed by atoms with Crippen molar-refractivity contribution < 1.29 is 27.6 Å². The Hall–Kier alpha value is -4.12. The lowest BCUT2D eigenvalue weighted by molar-refractivity contribution is -0.385. The lowest BCUT2D eigenvalue weighted by atomic mass is 10.1. The molecule has 0 spiro atoms. The van der Waals surface area contributed by atoms with E-state index >= 15 is 0 Å². The molecule has 3 aromatic carbocycles. The van der Waals surface area contributed by atoms with Gasteiger partial charge < -0.3 is 14.8 Å². The number of ether oxygens (including phenoxy) is 2. The number of hydrogen-bond acceptors (Lipinski definition) is 7. The number of methoxy groups -OCH3 is 1. The Morgan fingerprint density at radius 3 is 2.29 bits per heavy atom. The molecule has 1 N–H and O–H groups in total. The molecule has 202 valence electrons. The molecular formula is C27H31N3O7S. The minimum absolute atomic E-state index is 0.221. The van der Waals surface area contributed by atoms with Crippen LogP contribution in [0.3, 0.4) is 0 Å². The molecule has 0 unspecified atom stereocenters. The fourth-order valence-corrected chi connectivity index (χ4v) is 5.20. The highest BCUT2D eigenvalue weighted by molar-refractivity contribution is 7.92. The molecule has 1 amide bonds. The first-order chi connectivity index (χ1) is 18.1. The van der Waals surface area contributed by atoms with E-state index < -0.39 is 27.4 Å². The van der Waals surface area contributed by atoms with E-state index in [0.717, 1.165) is 28.1 Å². The van der Waals surface area contributed by atoms with Crippen LogP contribution in [0.2, 0.25) is 0 Å². The SMILES string of the molecule is CCOc1ccc(CCCNC(=O)CN(c2ccc(OC)cc2)S(=O)(=O)c2ccc(C)c([N+](=O)[O-])c2)cc1. The van der Waals surface area contributed by atoms with Crippen LogP contribution in [0.4, 0.5) is 11.4 Å². The van der Waals surface area contributed by atoms with Gasteiger partial charge in [0.15, 0.2) is 0 Å². The van der Waals surface area contributed by atoms with Crippen molar-refractivity contribution in [3.63, 3.8) is 0 Å². The summed E-state index contributed by atoms with van der Waals surface area (Å²) in [5.41, 5.74) is 1.32. The molecule has 0 atom stereocenters. The summed E-state index contributed by atoms with van der Waals surface area (Å²) < 4.78 is 38.7. The number of nitro benzene ring substituents is 1. The third kappa shape index (κ3) is 7.22. The van der Waals surface area contributed by atoms with Gasteiger partial charge in [-0.25, -0.2) is 8.42 Å². The number of benzene rings is 3. The molecule has 0 bridgehead atoms. The maximum absolute atomic E-state index is 13.6. The zero-order valence-corrected chi connectivity index (χ0v) is 22.4. The molecular weight excluding hydrogens is 510 g/mol. The van der Waals surface area contributed by atoms with Crippen molar-refractivity contribution in [1.29, 1.82) is 0 Å². The average molecular weight is 542 g/mol. The molecule has 3 rings (SSSR count). The summed E-state index contributed by atoms with van der Waals surface area (Å²) in [6, 6.07) is 17.6. The Labute approximate surface area is 222 Å². The molecule has 0 saturated carbocycles. The van der Waals surface area contributed by atoms with Crippen LogP contribution in [0.15, 0.2) is 71.6 Å². The van der Waals surface area contributed by atoms with Crippen LogP contribution >= 0.6 is 0 Å². The van der Waals surface area contributed by atoms with E-state index in [-0.39, 0.29) is 16.3 Å². The zero-order valence-electron chi connectivity index (χ0n) is 21.5. The van der Waals surface area contributed by atoms with Crippen LogP contribution in [-0.4, -0.2) is 46.1 Å². The van der Waals surface area contributed by atoms with Gasteiger partial charge in [-0.2, -0.15) is 0 Å². The van der Waals surface area contributed by atoms with Gasteiger partial charge >= 0.3 is 0 Å². The van der Waals surface area contributed by atoms with Gasteiger partial charge in [-0.05, 0) is 74.7 Å². The Balaban J connectivity index is 1.74. The van der Waals surface area contributed by atoms with Crippen molar-refractivity contribution in [2.75, 3.05) is 31.1 Å². The predicted octanol–water partition coefficient (Wildman–Crippen LogP) is 4.25. The summed E-state index contributed by atoms with van der Waals surface area (Å²) >= 11 is 0. The topological polar surface area (TPSA) is 128 Å². The highest BCUT2D eigenvalue weighted by Gasteiger charge is 2.29. The van der Waals surface area contributed by atoms with E-state index in [1.807, 2.05) is 31.2 Å². The number of carbonyl (C=O) groups excluding carboxylic acids is 1. The molecule has 0 aromatic heterocycles. The zero-order chi connectivity index (χ0) is 27.7. The fourth-order valence-electron chi connectivity index (χ4n) is 3.76. The number of nitrogens with zero attached hydrogens (tertiary/aromatic N) is 2. The largest absolute Gasteiger partial charge is 0.497 e. The lowest BCUT2D eigenvalue weighted by Gasteiger charge is -2.24. The van der Waals surface area contributed by atoms with Gasteiger partial charge in [0.05, 0.1) is 29.2 Å². The Bertz CT molecular complexity index is 1360. The molecule has 38 heavy (non-hydrogen) atoms. The van der Waals surface area contributed by atoms with Gasteiger partial charge in [0, 0.05) is 18.2 Å². The van der Waals surface area contributed by atoms with Crippen molar-refractivity contribution in [3.05, 3.63) is 88.0 Å². The van der Waals surface area contributed by atoms with Gasteiger partial charge in [-0.15, -0.1) is 0 Å². The standard InChI is InChI=1S/C27H31N3O7S/c1-4-37-24-12-8-21(9-13-24)6-5-17-28-27(31)19-29(22-10-14-23(36-3)15-11-22)38(34,35)25-16-7-20(2)26(18-25)30(32)33/h7-16,18H,4-6,17,19H2,1-3H3,(H,28,31). The van der Waals surface area contributed by atoms with Gasteiger partial charge in [-0.3, -0.25) is 19.2 Å². The van der Waals surface area contributed by atoms with E-state index in [1.54, 1.807) is 12.1 Å². The average Bonchev–Trinajstić information content (AvgIpc) is 2.91. The normalized spacial score (nSPS) is 11.0. The second-order valence-corrected chi connectivity index (χ2v) is 10.3. The number of hydrogen-bond donors (Lipinski definition) is 1. The number of nitro groups is 1. The fraction of sp³-hybridized carbons (Fsp3) is 0.296. The maximum Gasteiger partial charge on any atom is 0.273 e. The van der Waals surface area contributed by atoms with E-state index in [2.05, 4.69) is 5.32 Å². The minimum Gasteiger partial charge on any atom is -0.497 e. The molecule has 3 aromatic rings. The summed E-state index contributed by atoms with van der Waals surface area (Å²) in [5.74, 6) is 0.803. The Morgan fingerprint density at radius 2 is 1.68 bits per heavy atom. The maximum atomic E-state index is 13.6. The smallest absolute Gasteiger partial charge is 0.273 e. The summed E-state index contributed by atoms with van der Waals surface area (Å²) in [7, 11) is -2.83. The monoisotopic (exact) mass is 541 g/mol. The lowest BCUT2D eigenvalue weighted by Crippen LogP contribution is -2.41. The van der Waals surface area contributed by atoms with Crippen molar-refractivity contribution in [2.45, 2.75) is 31.6 Å².